The normalized spacial score (nSPS) is 16.5. The van der Waals surface area contributed by atoms with E-state index in [2.05, 4.69) is 28.4 Å². The van der Waals surface area contributed by atoms with Crippen molar-refractivity contribution in [2.75, 3.05) is 5.32 Å². The predicted octanol–water partition coefficient (Wildman–Crippen LogP) is 4.01. The molecular formula is C19H20N4OS. The van der Waals surface area contributed by atoms with Gasteiger partial charge in [-0.05, 0) is 55.9 Å². The Balaban J connectivity index is 1.60. The molecule has 0 saturated carbocycles. The molecule has 3 aromatic heterocycles. The largest absolute Gasteiger partial charge is 0.306 e. The Kier molecular flexibility index (Phi) is 4.13. The van der Waals surface area contributed by atoms with Crippen molar-refractivity contribution >= 4 is 23.1 Å². The van der Waals surface area contributed by atoms with E-state index in [1.807, 2.05) is 31.2 Å². The number of amides is 1. The van der Waals surface area contributed by atoms with E-state index in [0.717, 1.165) is 23.4 Å². The van der Waals surface area contributed by atoms with Crippen LogP contribution < -0.4 is 5.32 Å². The third kappa shape index (κ3) is 3.22. The first-order valence-electron chi connectivity index (χ1n) is 8.51. The fourth-order valence-electron chi connectivity index (χ4n) is 3.24. The molecule has 1 atom stereocenters. The summed E-state index contributed by atoms with van der Waals surface area (Å²) in [5.41, 5.74) is 2.17. The molecule has 1 amide bonds. The van der Waals surface area contributed by atoms with Crippen LogP contribution in [0.25, 0.3) is 5.82 Å². The van der Waals surface area contributed by atoms with Crippen LogP contribution in [0, 0.1) is 12.8 Å². The van der Waals surface area contributed by atoms with Crippen molar-refractivity contribution in [2.24, 2.45) is 5.92 Å². The lowest BCUT2D eigenvalue weighted by Crippen LogP contribution is -2.14. The molecule has 0 fully saturated rings. The molecule has 1 unspecified atom stereocenters. The van der Waals surface area contributed by atoms with E-state index in [1.165, 1.54) is 16.9 Å². The third-order valence-corrected chi connectivity index (χ3v) is 5.73. The van der Waals surface area contributed by atoms with Gasteiger partial charge in [0, 0.05) is 17.1 Å². The van der Waals surface area contributed by atoms with Crippen molar-refractivity contribution in [2.45, 2.75) is 33.1 Å². The van der Waals surface area contributed by atoms with Gasteiger partial charge in [-0.25, -0.2) is 4.98 Å². The van der Waals surface area contributed by atoms with Crippen LogP contribution in [0.2, 0.25) is 0 Å². The number of pyridine rings is 1. The molecule has 0 spiro atoms. The van der Waals surface area contributed by atoms with Gasteiger partial charge >= 0.3 is 0 Å². The maximum atomic E-state index is 12.7. The molecule has 0 saturated heterocycles. The van der Waals surface area contributed by atoms with Crippen LogP contribution in [0.1, 0.15) is 39.2 Å². The van der Waals surface area contributed by atoms with E-state index < -0.39 is 0 Å². The van der Waals surface area contributed by atoms with E-state index in [4.69, 9.17) is 0 Å². The van der Waals surface area contributed by atoms with E-state index in [9.17, 15) is 4.79 Å². The van der Waals surface area contributed by atoms with Crippen LogP contribution in [0.3, 0.4) is 0 Å². The smallest absolute Gasteiger partial charge is 0.266 e. The Hall–Kier alpha value is -2.47. The van der Waals surface area contributed by atoms with Crippen molar-refractivity contribution in [3.63, 3.8) is 0 Å². The lowest BCUT2D eigenvalue weighted by atomic mass is 9.90. The first kappa shape index (κ1) is 16.0. The van der Waals surface area contributed by atoms with Crippen molar-refractivity contribution in [1.29, 1.82) is 0 Å². The second-order valence-corrected chi connectivity index (χ2v) is 7.77. The molecule has 0 bridgehead atoms. The summed E-state index contributed by atoms with van der Waals surface area (Å²) in [6.07, 6.45) is 5.08. The zero-order valence-electron chi connectivity index (χ0n) is 14.3. The topological polar surface area (TPSA) is 59.8 Å². The molecule has 3 heterocycles. The van der Waals surface area contributed by atoms with Crippen LogP contribution in [0.5, 0.6) is 0 Å². The zero-order chi connectivity index (χ0) is 17.4. The Labute approximate surface area is 150 Å². The minimum Gasteiger partial charge on any atom is -0.306 e. The number of aromatic nitrogens is 3. The summed E-state index contributed by atoms with van der Waals surface area (Å²) in [4.78, 5) is 19.2. The van der Waals surface area contributed by atoms with E-state index in [0.29, 0.717) is 17.6 Å². The van der Waals surface area contributed by atoms with Crippen molar-refractivity contribution in [3.8, 4) is 5.82 Å². The quantitative estimate of drug-likeness (QED) is 0.775. The summed E-state index contributed by atoms with van der Waals surface area (Å²) in [7, 11) is 0. The molecule has 128 valence electrons. The standard InChI is InChI=1S/C19H20N4OS/c1-12-6-7-15-14(9-12)11-16(25-15)19(24)21-18-10-13(2)22-23(18)17-5-3-4-8-20-17/h3-5,8,10-12H,6-7,9H2,1-2H3,(H,21,24). The van der Waals surface area contributed by atoms with Gasteiger partial charge in [0.25, 0.3) is 5.91 Å². The highest BCUT2D eigenvalue weighted by Crippen LogP contribution is 2.32. The average molecular weight is 352 g/mol. The van der Waals surface area contributed by atoms with Gasteiger partial charge in [-0.1, -0.05) is 13.0 Å². The summed E-state index contributed by atoms with van der Waals surface area (Å²) in [5, 5.41) is 7.44. The highest BCUT2D eigenvalue weighted by atomic mass is 32.1. The van der Waals surface area contributed by atoms with Gasteiger partial charge in [-0.2, -0.15) is 9.78 Å². The lowest BCUT2D eigenvalue weighted by Gasteiger charge is -2.16. The Bertz CT molecular complexity index is 913. The Morgan fingerprint density at radius 1 is 1.36 bits per heavy atom. The molecule has 5 nitrogen and oxygen atoms in total. The Morgan fingerprint density at radius 2 is 2.24 bits per heavy atom. The van der Waals surface area contributed by atoms with Crippen molar-refractivity contribution < 1.29 is 4.79 Å². The second kappa shape index (κ2) is 6.44. The monoisotopic (exact) mass is 352 g/mol. The van der Waals surface area contributed by atoms with Crippen LogP contribution >= 0.6 is 11.3 Å². The first-order chi connectivity index (χ1) is 12.1. The fraction of sp³-hybridized carbons (Fsp3) is 0.316. The second-order valence-electron chi connectivity index (χ2n) is 6.63. The number of nitrogens with one attached hydrogen (secondary N) is 1. The van der Waals surface area contributed by atoms with Crippen molar-refractivity contribution in [3.05, 3.63) is 57.5 Å². The summed E-state index contributed by atoms with van der Waals surface area (Å²) in [6.45, 7) is 4.18. The molecule has 0 aliphatic heterocycles. The molecule has 1 aliphatic carbocycles. The highest BCUT2D eigenvalue weighted by molar-refractivity contribution is 7.14. The number of thiophene rings is 1. The summed E-state index contributed by atoms with van der Waals surface area (Å²) < 4.78 is 1.67. The number of carbonyl (C=O) groups excluding carboxylic acids is 1. The van der Waals surface area contributed by atoms with E-state index in [1.54, 1.807) is 22.2 Å². The van der Waals surface area contributed by atoms with Gasteiger partial charge in [0.2, 0.25) is 0 Å². The summed E-state index contributed by atoms with van der Waals surface area (Å²) in [5.74, 6) is 1.95. The van der Waals surface area contributed by atoms with Crippen LogP contribution in [-0.4, -0.2) is 20.7 Å². The SMILES string of the molecule is Cc1cc(NC(=O)c2cc3c(s2)CCC(C)C3)n(-c2ccccn2)n1. The van der Waals surface area contributed by atoms with Gasteiger partial charge in [0.15, 0.2) is 5.82 Å². The minimum absolute atomic E-state index is 0.0795. The lowest BCUT2D eigenvalue weighted by molar-refractivity contribution is 0.102. The first-order valence-corrected chi connectivity index (χ1v) is 9.33. The number of rotatable bonds is 3. The Morgan fingerprint density at radius 3 is 3.04 bits per heavy atom. The maximum Gasteiger partial charge on any atom is 0.266 e. The van der Waals surface area contributed by atoms with Crippen LogP contribution in [0.15, 0.2) is 36.5 Å². The van der Waals surface area contributed by atoms with E-state index >= 15 is 0 Å². The van der Waals surface area contributed by atoms with E-state index in [-0.39, 0.29) is 5.91 Å². The van der Waals surface area contributed by atoms with Crippen LogP contribution in [-0.2, 0) is 12.8 Å². The molecule has 3 aromatic rings. The predicted molar refractivity (Wildman–Crippen MR) is 99.6 cm³/mol. The van der Waals surface area contributed by atoms with Gasteiger partial charge in [0.1, 0.15) is 5.82 Å². The molecule has 0 aromatic carbocycles. The van der Waals surface area contributed by atoms with Gasteiger partial charge in [-0.15, -0.1) is 11.3 Å². The number of aryl methyl sites for hydroxylation is 2. The zero-order valence-corrected chi connectivity index (χ0v) is 15.1. The molecule has 6 heteroatoms. The highest BCUT2D eigenvalue weighted by Gasteiger charge is 2.21. The minimum atomic E-state index is -0.0795. The number of anilines is 1. The third-order valence-electron chi connectivity index (χ3n) is 4.49. The summed E-state index contributed by atoms with van der Waals surface area (Å²) in [6, 6.07) is 9.55. The van der Waals surface area contributed by atoms with Gasteiger partial charge in [0.05, 0.1) is 10.6 Å². The summed E-state index contributed by atoms with van der Waals surface area (Å²) >= 11 is 1.62. The molecule has 1 aliphatic rings. The molecule has 4 rings (SSSR count). The molecule has 0 radical (unpaired) electrons. The van der Waals surface area contributed by atoms with Crippen molar-refractivity contribution in [1.82, 2.24) is 14.8 Å². The molecule has 25 heavy (non-hydrogen) atoms. The number of fused-ring (bicyclic) bond motifs is 1. The average Bonchev–Trinajstić information content (AvgIpc) is 3.18. The van der Waals surface area contributed by atoms with Crippen LogP contribution in [0.4, 0.5) is 5.82 Å². The fourth-order valence-corrected chi connectivity index (χ4v) is 4.34. The number of nitrogens with zero attached hydrogens (tertiary/aromatic N) is 3. The molecular weight excluding hydrogens is 332 g/mol. The van der Waals surface area contributed by atoms with Gasteiger partial charge < -0.3 is 5.32 Å². The molecule has 1 N–H and O–H groups in total. The number of carbonyl (C=O) groups is 1. The number of hydrogen-bond acceptors (Lipinski definition) is 4. The van der Waals surface area contributed by atoms with Gasteiger partial charge in [-0.3, -0.25) is 4.79 Å². The number of hydrogen-bond donors (Lipinski definition) is 1. The maximum absolute atomic E-state index is 12.7.